The highest BCUT2D eigenvalue weighted by molar-refractivity contribution is 9.11. The zero-order valence-corrected chi connectivity index (χ0v) is 15.6. The second-order valence-corrected chi connectivity index (χ2v) is 8.16. The summed E-state index contributed by atoms with van der Waals surface area (Å²) in [7, 11) is 0. The molecule has 0 nitrogen and oxygen atoms in total. The van der Waals surface area contributed by atoms with E-state index in [9.17, 15) is 4.39 Å². The molecular weight excluding hydrogens is 471 g/mol. The number of hydrogen-bond donors (Lipinski definition) is 0. The Kier molecular flexibility index (Phi) is 4.32. The number of fused-ring (bicyclic) bond motifs is 1. The number of halogens is 4. The van der Waals surface area contributed by atoms with Crippen molar-refractivity contribution >= 4 is 69.2 Å². The molecule has 0 spiro atoms. The predicted octanol–water partition coefficient (Wildman–Crippen LogP) is 7.05. The summed E-state index contributed by atoms with van der Waals surface area (Å²) in [6, 6.07) is 13.1. The molecule has 20 heavy (non-hydrogen) atoms. The van der Waals surface area contributed by atoms with Gasteiger partial charge in [-0.15, -0.1) is 11.3 Å². The Balaban J connectivity index is 2.07. The van der Waals surface area contributed by atoms with Crippen molar-refractivity contribution in [2.75, 3.05) is 0 Å². The van der Waals surface area contributed by atoms with Crippen LogP contribution in [-0.2, 0) is 0 Å². The Labute approximate surface area is 145 Å². The van der Waals surface area contributed by atoms with Crippen molar-refractivity contribution in [1.29, 1.82) is 0 Å². The summed E-state index contributed by atoms with van der Waals surface area (Å²) in [6.45, 7) is 0. The summed E-state index contributed by atoms with van der Waals surface area (Å²) in [5.74, 6) is -0.194. The summed E-state index contributed by atoms with van der Waals surface area (Å²) in [5.41, 5.74) is 1.14. The van der Waals surface area contributed by atoms with Gasteiger partial charge in [0.25, 0.3) is 0 Å². The molecule has 0 amide bonds. The van der Waals surface area contributed by atoms with Crippen LogP contribution in [0.2, 0.25) is 0 Å². The number of rotatable bonds is 2. The van der Waals surface area contributed by atoms with E-state index in [1.807, 2.05) is 18.2 Å². The van der Waals surface area contributed by atoms with Crippen LogP contribution >= 0.6 is 59.1 Å². The number of alkyl halides is 1. The van der Waals surface area contributed by atoms with Gasteiger partial charge >= 0.3 is 0 Å². The van der Waals surface area contributed by atoms with Crippen LogP contribution in [0.15, 0.2) is 51.4 Å². The van der Waals surface area contributed by atoms with Gasteiger partial charge in [-0.2, -0.15) is 0 Å². The van der Waals surface area contributed by atoms with Gasteiger partial charge < -0.3 is 0 Å². The van der Waals surface area contributed by atoms with Crippen molar-refractivity contribution in [2.45, 2.75) is 4.83 Å². The summed E-state index contributed by atoms with van der Waals surface area (Å²) in [4.78, 5) is 1.24. The van der Waals surface area contributed by atoms with Crippen LogP contribution in [0.1, 0.15) is 15.3 Å². The minimum Gasteiger partial charge on any atom is -0.207 e. The number of benzene rings is 2. The summed E-state index contributed by atoms with van der Waals surface area (Å²) < 4.78 is 16.3. The van der Waals surface area contributed by atoms with Gasteiger partial charge in [0.15, 0.2) is 0 Å². The second-order valence-electron chi connectivity index (χ2n) is 4.36. The molecule has 2 aromatic carbocycles. The van der Waals surface area contributed by atoms with Crippen LogP contribution in [0.3, 0.4) is 0 Å². The van der Waals surface area contributed by atoms with Crippen LogP contribution in [0.25, 0.3) is 10.1 Å². The third kappa shape index (κ3) is 2.86. The summed E-state index contributed by atoms with van der Waals surface area (Å²) in [5, 5.41) is 1.07. The molecule has 1 unspecified atom stereocenters. The highest BCUT2D eigenvalue weighted by atomic mass is 79.9. The molecule has 0 bridgehead atoms. The van der Waals surface area contributed by atoms with Crippen molar-refractivity contribution in [3.8, 4) is 0 Å². The van der Waals surface area contributed by atoms with E-state index in [0.29, 0.717) is 0 Å². The predicted molar refractivity (Wildman–Crippen MR) is 94.4 cm³/mol. The molecule has 1 atom stereocenters. The lowest BCUT2D eigenvalue weighted by molar-refractivity contribution is 0.630. The van der Waals surface area contributed by atoms with E-state index in [0.717, 1.165) is 29.5 Å². The SMILES string of the molecule is Fc1ccc2cc(C(Br)c3cc(Br)ccc3Br)sc2c1. The van der Waals surface area contributed by atoms with Crippen molar-refractivity contribution in [3.63, 3.8) is 0 Å². The quantitative estimate of drug-likeness (QED) is 0.346. The Morgan fingerprint density at radius 1 is 1.00 bits per heavy atom. The standard InChI is InChI=1S/C15H8Br3FS/c16-9-2-4-12(17)11(6-9)15(18)14-5-8-1-3-10(19)7-13(8)20-14/h1-7,15H. The van der Waals surface area contributed by atoms with Crippen LogP contribution in [0.4, 0.5) is 4.39 Å². The lowest BCUT2D eigenvalue weighted by Crippen LogP contribution is -1.91. The van der Waals surface area contributed by atoms with Gasteiger partial charge in [-0.05, 0) is 47.3 Å². The lowest BCUT2D eigenvalue weighted by atomic mass is 10.1. The fourth-order valence-electron chi connectivity index (χ4n) is 2.01. The molecule has 1 heterocycles. The normalized spacial score (nSPS) is 12.8. The van der Waals surface area contributed by atoms with E-state index < -0.39 is 0 Å². The zero-order chi connectivity index (χ0) is 14.3. The first-order chi connectivity index (χ1) is 9.54. The highest BCUT2D eigenvalue weighted by Gasteiger charge is 2.17. The van der Waals surface area contributed by atoms with Crippen LogP contribution in [0, 0.1) is 5.82 Å². The van der Waals surface area contributed by atoms with E-state index in [1.165, 1.54) is 6.07 Å². The second kappa shape index (κ2) is 5.87. The van der Waals surface area contributed by atoms with E-state index in [4.69, 9.17) is 0 Å². The van der Waals surface area contributed by atoms with Gasteiger partial charge in [0, 0.05) is 18.5 Å². The molecule has 0 aliphatic rings. The third-order valence-electron chi connectivity index (χ3n) is 2.98. The molecular formula is C15H8Br3FS. The van der Waals surface area contributed by atoms with Gasteiger partial charge in [0.1, 0.15) is 5.82 Å². The maximum absolute atomic E-state index is 13.3. The van der Waals surface area contributed by atoms with Crippen LogP contribution in [-0.4, -0.2) is 0 Å². The Hall–Kier alpha value is -0.230. The zero-order valence-electron chi connectivity index (χ0n) is 10.0. The average molecular weight is 479 g/mol. The largest absolute Gasteiger partial charge is 0.207 e. The van der Waals surface area contributed by atoms with E-state index in [1.54, 1.807) is 17.4 Å². The Morgan fingerprint density at radius 2 is 1.80 bits per heavy atom. The molecule has 3 aromatic rings. The minimum atomic E-state index is -0.194. The van der Waals surface area contributed by atoms with E-state index in [2.05, 4.69) is 59.9 Å². The van der Waals surface area contributed by atoms with Crippen molar-refractivity contribution in [1.82, 2.24) is 0 Å². The highest BCUT2D eigenvalue weighted by Crippen LogP contribution is 2.41. The molecule has 0 aliphatic carbocycles. The van der Waals surface area contributed by atoms with E-state index in [-0.39, 0.29) is 10.6 Å². The Morgan fingerprint density at radius 3 is 2.60 bits per heavy atom. The monoisotopic (exact) mass is 476 g/mol. The van der Waals surface area contributed by atoms with Crippen molar-refractivity contribution < 1.29 is 4.39 Å². The van der Waals surface area contributed by atoms with E-state index >= 15 is 0 Å². The van der Waals surface area contributed by atoms with Crippen LogP contribution in [0.5, 0.6) is 0 Å². The molecule has 0 radical (unpaired) electrons. The topological polar surface area (TPSA) is 0 Å². The van der Waals surface area contributed by atoms with Crippen molar-refractivity contribution in [2.24, 2.45) is 0 Å². The fourth-order valence-corrected chi connectivity index (χ4v) is 5.05. The smallest absolute Gasteiger partial charge is 0.124 e. The van der Waals surface area contributed by atoms with Gasteiger partial charge in [0.2, 0.25) is 0 Å². The first-order valence-electron chi connectivity index (χ1n) is 5.82. The Bertz CT molecular complexity index is 782. The summed E-state index contributed by atoms with van der Waals surface area (Å²) >= 11 is 12.4. The molecule has 0 saturated carbocycles. The first-order valence-corrected chi connectivity index (χ1v) is 9.14. The summed E-state index contributed by atoms with van der Waals surface area (Å²) in [6.07, 6.45) is 0. The molecule has 0 saturated heterocycles. The van der Waals surface area contributed by atoms with Gasteiger partial charge in [-0.25, -0.2) is 4.39 Å². The van der Waals surface area contributed by atoms with Gasteiger partial charge in [-0.3, -0.25) is 0 Å². The molecule has 5 heteroatoms. The maximum Gasteiger partial charge on any atom is 0.124 e. The van der Waals surface area contributed by atoms with Gasteiger partial charge in [-0.1, -0.05) is 53.9 Å². The molecule has 0 fully saturated rings. The third-order valence-corrected chi connectivity index (χ3v) is 6.65. The molecule has 102 valence electrons. The average Bonchev–Trinajstić information content (AvgIpc) is 2.83. The molecule has 0 N–H and O–H groups in total. The number of hydrogen-bond acceptors (Lipinski definition) is 1. The fraction of sp³-hybridized carbons (Fsp3) is 0.0667. The minimum absolute atomic E-state index is 0.0786. The van der Waals surface area contributed by atoms with Crippen LogP contribution < -0.4 is 0 Å². The molecule has 0 aliphatic heterocycles. The first kappa shape index (κ1) is 14.7. The lowest BCUT2D eigenvalue weighted by Gasteiger charge is -2.10. The van der Waals surface area contributed by atoms with Crippen molar-refractivity contribution in [3.05, 3.63) is 67.7 Å². The van der Waals surface area contributed by atoms with Gasteiger partial charge in [0.05, 0.1) is 4.83 Å². The number of thiophene rings is 1. The molecule has 1 aromatic heterocycles. The molecule has 3 rings (SSSR count). The maximum atomic E-state index is 13.3.